The Bertz CT molecular complexity index is 449. The average molecular weight is 294 g/mol. The van der Waals surface area contributed by atoms with Gasteiger partial charge in [0.25, 0.3) is 10.2 Å². The number of aliphatic carboxylic acids is 2. The van der Waals surface area contributed by atoms with Crippen LogP contribution in [0.2, 0.25) is 0 Å². The molecule has 9 heteroatoms. The Balaban J connectivity index is 2.75. The van der Waals surface area contributed by atoms with Gasteiger partial charge in [0.15, 0.2) is 0 Å². The molecule has 0 amide bonds. The van der Waals surface area contributed by atoms with E-state index in [1.807, 2.05) is 11.6 Å². The summed E-state index contributed by atoms with van der Waals surface area (Å²) in [4.78, 5) is 21.4. The predicted molar refractivity (Wildman–Crippen MR) is 65.7 cm³/mol. The summed E-state index contributed by atoms with van der Waals surface area (Å²) >= 11 is 0. The SMILES string of the molecule is CC1CCCN(S(=O)(=O)NC(CC(=O)O)C(=O)O)C1. The second-order valence-electron chi connectivity index (χ2n) is 4.72. The predicted octanol–water partition coefficient (Wildman–Crippen LogP) is -0.519. The molecule has 110 valence electrons. The molecule has 3 N–H and O–H groups in total. The van der Waals surface area contributed by atoms with E-state index in [0.717, 1.165) is 6.42 Å². The second-order valence-corrected chi connectivity index (χ2v) is 6.42. The zero-order valence-electron chi connectivity index (χ0n) is 10.6. The lowest BCUT2D eigenvalue weighted by Gasteiger charge is -2.30. The van der Waals surface area contributed by atoms with Gasteiger partial charge in [0.2, 0.25) is 0 Å². The maximum absolute atomic E-state index is 12.0. The van der Waals surface area contributed by atoms with E-state index >= 15 is 0 Å². The molecule has 1 aliphatic heterocycles. The molecule has 1 heterocycles. The molecule has 0 radical (unpaired) electrons. The van der Waals surface area contributed by atoms with Crippen LogP contribution >= 0.6 is 0 Å². The summed E-state index contributed by atoms with van der Waals surface area (Å²) in [6.45, 7) is 2.54. The third-order valence-electron chi connectivity index (χ3n) is 2.93. The van der Waals surface area contributed by atoms with Crippen molar-refractivity contribution in [2.45, 2.75) is 32.2 Å². The van der Waals surface area contributed by atoms with Gasteiger partial charge in [-0.25, -0.2) is 0 Å². The third kappa shape index (κ3) is 4.77. The largest absolute Gasteiger partial charge is 0.481 e. The number of carboxylic acids is 2. The van der Waals surface area contributed by atoms with Crippen molar-refractivity contribution in [1.82, 2.24) is 9.03 Å². The minimum Gasteiger partial charge on any atom is -0.481 e. The van der Waals surface area contributed by atoms with E-state index in [9.17, 15) is 18.0 Å². The van der Waals surface area contributed by atoms with Crippen molar-refractivity contribution < 1.29 is 28.2 Å². The monoisotopic (exact) mass is 294 g/mol. The van der Waals surface area contributed by atoms with Crippen LogP contribution in [0.15, 0.2) is 0 Å². The van der Waals surface area contributed by atoms with Gasteiger partial charge in [-0.1, -0.05) is 6.92 Å². The van der Waals surface area contributed by atoms with Crippen molar-refractivity contribution in [3.05, 3.63) is 0 Å². The number of hydrogen-bond acceptors (Lipinski definition) is 4. The van der Waals surface area contributed by atoms with E-state index < -0.39 is 34.6 Å². The zero-order chi connectivity index (χ0) is 14.6. The van der Waals surface area contributed by atoms with Crippen molar-refractivity contribution in [2.75, 3.05) is 13.1 Å². The highest BCUT2D eigenvalue weighted by Crippen LogP contribution is 2.18. The summed E-state index contributed by atoms with van der Waals surface area (Å²) in [5.41, 5.74) is 0. The summed E-state index contributed by atoms with van der Waals surface area (Å²) in [5, 5.41) is 17.4. The zero-order valence-corrected chi connectivity index (χ0v) is 11.4. The van der Waals surface area contributed by atoms with E-state index in [1.165, 1.54) is 4.31 Å². The molecular weight excluding hydrogens is 276 g/mol. The topological polar surface area (TPSA) is 124 Å². The number of piperidine rings is 1. The smallest absolute Gasteiger partial charge is 0.322 e. The first-order valence-corrected chi connectivity index (χ1v) is 7.38. The second kappa shape index (κ2) is 6.31. The van der Waals surface area contributed by atoms with Crippen LogP contribution in [0.25, 0.3) is 0 Å². The van der Waals surface area contributed by atoms with Crippen molar-refractivity contribution in [3.63, 3.8) is 0 Å². The van der Waals surface area contributed by atoms with Crippen LogP contribution in [0.5, 0.6) is 0 Å². The minimum absolute atomic E-state index is 0.202. The highest BCUT2D eigenvalue weighted by Gasteiger charge is 2.32. The fraction of sp³-hybridized carbons (Fsp3) is 0.800. The lowest BCUT2D eigenvalue weighted by molar-refractivity contribution is -0.145. The molecule has 2 atom stereocenters. The molecule has 0 aromatic carbocycles. The van der Waals surface area contributed by atoms with Gasteiger partial charge in [0, 0.05) is 13.1 Å². The first kappa shape index (κ1) is 15.9. The lowest BCUT2D eigenvalue weighted by Crippen LogP contribution is -2.51. The number of hydrogen-bond donors (Lipinski definition) is 3. The van der Waals surface area contributed by atoms with Crippen LogP contribution in [-0.4, -0.2) is 54.0 Å². The van der Waals surface area contributed by atoms with Gasteiger partial charge in [-0.15, -0.1) is 0 Å². The Labute approximate surface area is 111 Å². The number of carboxylic acid groups (broad SMARTS) is 2. The van der Waals surface area contributed by atoms with Crippen LogP contribution in [0.4, 0.5) is 0 Å². The molecule has 0 aliphatic carbocycles. The van der Waals surface area contributed by atoms with Gasteiger partial charge in [0.1, 0.15) is 6.04 Å². The first-order valence-electron chi connectivity index (χ1n) is 5.94. The van der Waals surface area contributed by atoms with Gasteiger partial charge in [0.05, 0.1) is 6.42 Å². The molecule has 0 aromatic rings. The van der Waals surface area contributed by atoms with Gasteiger partial charge < -0.3 is 10.2 Å². The standard InChI is InChI=1S/C10H18N2O6S/c1-7-3-2-4-12(6-7)19(17,18)11-8(10(15)16)5-9(13)14/h7-8,11H,2-6H2,1H3,(H,13,14)(H,15,16). The highest BCUT2D eigenvalue weighted by atomic mass is 32.2. The first-order chi connectivity index (χ1) is 8.72. The molecule has 2 unspecified atom stereocenters. The maximum atomic E-state index is 12.0. The molecule has 0 bridgehead atoms. The molecule has 1 rings (SSSR count). The van der Waals surface area contributed by atoms with Crippen LogP contribution < -0.4 is 4.72 Å². The summed E-state index contributed by atoms with van der Waals surface area (Å²) in [5.74, 6) is -2.67. The number of carbonyl (C=O) groups is 2. The Morgan fingerprint density at radius 1 is 1.42 bits per heavy atom. The minimum atomic E-state index is -3.97. The van der Waals surface area contributed by atoms with Crippen LogP contribution in [0.3, 0.4) is 0 Å². The quantitative estimate of drug-likeness (QED) is 0.605. The van der Waals surface area contributed by atoms with E-state index in [0.29, 0.717) is 19.5 Å². The van der Waals surface area contributed by atoms with Crippen molar-refractivity contribution in [3.8, 4) is 0 Å². The van der Waals surface area contributed by atoms with Gasteiger partial charge in [-0.2, -0.15) is 17.4 Å². The normalized spacial score (nSPS) is 22.9. The third-order valence-corrected chi connectivity index (χ3v) is 4.52. The molecule has 1 saturated heterocycles. The Hall–Kier alpha value is -1.19. The van der Waals surface area contributed by atoms with Crippen LogP contribution in [0.1, 0.15) is 26.2 Å². The van der Waals surface area contributed by atoms with Crippen molar-refractivity contribution in [2.24, 2.45) is 5.92 Å². The molecule has 19 heavy (non-hydrogen) atoms. The molecule has 0 spiro atoms. The summed E-state index contributed by atoms with van der Waals surface area (Å²) in [7, 11) is -3.97. The van der Waals surface area contributed by atoms with E-state index in [2.05, 4.69) is 0 Å². The summed E-state index contributed by atoms with van der Waals surface area (Å²) in [6.07, 6.45) is 0.834. The van der Waals surface area contributed by atoms with E-state index in [4.69, 9.17) is 10.2 Å². The maximum Gasteiger partial charge on any atom is 0.322 e. The Morgan fingerprint density at radius 3 is 2.53 bits per heavy atom. The lowest BCUT2D eigenvalue weighted by atomic mass is 10.0. The summed E-state index contributed by atoms with van der Waals surface area (Å²) in [6, 6.07) is -1.65. The fourth-order valence-electron chi connectivity index (χ4n) is 1.97. The van der Waals surface area contributed by atoms with Crippen LogP contribution in [0, 0.1) is 5.92 Å². The number of nitrogens with one attached hydrogen (secondary N) is 1. The molecule has 1 aliphatic rings. The van der Waals surface area contributed by atoms with Gasteiger partial charge in [-0.3, -0.25) is 9.59 Å². The number of nitrogens with zero attached hydrogens (tertiary/aromatic N) is 1. The molecule has 0 aromatic heterocycles. The van der Waals surface area contributed by atoms with E-state index in [-0.39, 0.29) is 5.92 Å². The molecule has 8 nitrogen and oxygen atoms in total. The molecule has 0 saturated carbocycles. The Kier molecular flexibility index (Phi) is 5.27. The van der Waals surface area contributed by atoms with Crippen LogP contribution in [-0.2, 0) is 19.8 Å². The van der Waals surface area contributed by atoms with E-state index in [1.54, 1.807) is 0 Å². The molecule has 1 fully saturated rings. The number of rotatable bonds is 6. The Morgan fingerprint density at radius 2 is 2.05 bits per heavy atom. The average Bonchev–Trinajstić information content (AvgIpc) is 2.27. The molecular formula is C10H18N2O6S. The van der Waals surface area contributed by atoms with Gasteiger partial charge in [-0.05, 0) is 18.8 Å². The van der Waals surface area contributed by atoms with Gasteiger partial charge >= 0.3 is 11.9 Å². The summed E-state index contributed by atoms with van der Waals surface area (Å²) < 4.78 is 27.1. The van der Waals surface area contributed by atoms with Crippen molar-refractivity contribution >= 4 is 22.1 Å². The highest BCUT2D eigenvalue weighted by molar-refractivity contribution is 7.87. The fourth-order valence-corrected chi connectivity index (χ4v) is 3.49. The van der Waals surface area contributed by atoms with Crippen molar-refractivity contribution in [1.29, 1.82) is 0 Å².